The monoisotopic (exact) mass is 377 g/mol. The van der Waals surface area contributed by atoms with Crippen LogP contribution in [0.1, 0.15) is 35.2 Å². The van der Waals surface area contributed by atoms with Crippen LogP contribution in [0, 0.1) is 0 Å². The maximum Gasteiger partial charge on any atom is 0.233 e. The van der Waals surface area contributed by atoms with Crippen molar-refractivity contribution < 1.29 is 14.1 Å². The summed E-state index contributed by atoms with van der Waals surface area (Å²) in [5, 5.41) is 4.09. The van der Waals surface area contributed by atoms with Crippen LogP contribution in [0.2, 0.25) is 0 Å². The van der Waals surface area contributed by atoms with Crippen LogP contribution in [0.4, 0.5) is 0 Å². The van der Waals surface area contributed by atoms with Gasteiger partial charge in [0.25, 0.3) is 0 Å². The molecule has 1 aliphatic heterocycles. The zero-order valence-corrected chi connectivity index (χ0v) is 15.9. The number of likely N-dealkylation sites (tertiary alicyclic amines) is 1. The highest BCUT2D eigenvalue weighted by Crippen LogP contribution is 2.27. The molecule has 0 radical (unpaired) electrons. The van der Waals surface area contributed by atoms with Gasteiger partial charge in [0.15, 0.2) is 5.82 Å². The van der Waals surface area contributed by atoms with E-state index in [4.69, 9.17) is 9.26 Å². The van der Waals surface area contributed by atoms with Crippen LogP contribution in [0.5, 0.6) is 5.75 Å². The third kappa shape index (κ3) is 4.06. The average Bonchev–Trinajstić information content (AvgIpc) is 3.14. The number of methoxy groups -OCH3 is 1. The second-order valence-corrected chi connectivity index (χ2v) is 7.02. The second-order valence-electron chi connectivity index (χ2n) is 7.02. The molecule has 0 unspecified atom stereocenters. The minimum atomic E-state index is 0.125. The molecular formula is C22H23N3O3. The van der Waals surface area contributed by atoms with Crippen molar-refractivity contribution in [1.29, 1.82) is 0 Å². The summed E-state index contributed by atoms with van der Waals surface area (Å²) in [5.41, 5.74) is 2.20. The van der Waals surface area contributed by atoms with E-state index in [0.717, 1.165) is 17.7 Å². The van der Waals surface area contributed by atoms with E-state index in [9.17, 15) is 4.79 Å². The van der Waals surface area contributed by atoms with Crippen molar-refractivity contribution in [3.8, 4) is 5.75 Å². The van der Waals surface area contributed by atoms with Crippen LogP contribution in [0.3, 0.4) is 0 Å². The Morgan fingerprint density at radius 2 is 1.89 bits per heavy atom. The summed E-state index contributed by atoms with van der Waals surface area (Å²) in [6.07, 6.45) is 1.85. The Balaban J connectivity index is 1.28. The molecule has 0 N–H and O–H groups in total. The van der Waals surface area contributed by atoms with Gasteiger partial charge in [0.1, 0.15) is 5.75 Å². The molecule has 0 saturated carbocycles. The van der Waals surface area contributed by atoms with Crippen molar-refractivity contribution in [2.24, 2.45) is 0 Å². The molecule has 0 bridgehead atoms. The lowest BCUT2D eigenvalue weighted by atomic mass is 9.99. The van der Waals surface area contributed by atoms with Gasteiger partial charge in [-0.1, -0.05) is 53.7 Å². The lowest BCUT2D eigenvalue weighted by Crippen LogP contribution is -2.48. The minimum Gasteiger partial charge on any atom is -0.496 e. The Morgan fingerprint density at radius 3 is 2.68 bits per heavy atom. The Kier molecular flexibility index (Phi) is 5.37. The van der Waals surface area contributed by atoms with Gasteiger partial charge in [0, 0.05) is 31.5 Å². The van der Waals surface area contributed by atoms with Crippen molar-refractivity contribution in [2.45, 2.75) is 25.2 Å². The van der Waals surface area contributed by atoms with Crippen LogP contribution >= 0.6 is 0 Å². The number of aryl methyl sites for hydroxylation is 1. The fourth-order valence-electron chi connectivity index (χ4n) is 3.42. The molecule has 1 amide bonds. The quantitative estimate of drug-likeness (QED) is 0.632. The van der Waals surface area contributed by atoms with E-state index < -0.39 is 0 Å². The predicted octanol–water partition coefficient (Wildman–Crippen LogP) is 3.23. The number of carbonyl (C=O) groups is 1. The molecule has 1 fully saturated rings. The molecule has 0 atom stereocenters. The number of nitrogens with zero attached hydrogens (tertiary/aromatic N) is 3. The number of ether oxygens (including phenoxy) is 1. The molecule has 144 valence electrons. The maximum atomic E-state index is 12.3. The fraction of sp³-hybridized carbons (Fsp3) is 0.318. The van der Waals surface area contributed by atoms with Crippen LogP contribution in [0.15, 0.2) is 59.1 Å². The number of rotatable bonds is 7. The van der Waals surface area contributed by atoms with Crippen molar-refractivity contribution in [3.63, 3.8) is 0 Å². The first-order valence-corrected chi connectivity index (χ1v) is 9.49. The zero-order chi connectivity index (χ0) is 19.3. The third-order valence-electron chi connectivity index (χ3n) is 5.08. The van der Waals surface area contributed by atoms with Gasteiger partial charge in [-0.25, -0.2) is 0 Å². The summed E-state index contributed by atoms with van der Waals surface area (Å²) in [4.78, 5) is 18.7. The van der Waals surface area contributed by atoms with Crippen molar-refractivity contribution >= 4 is 5.91 Å². The first-order valence-electron chi connectivity index (χ1n) is 9.49. The number of amides is 1. The molecular weight excluding hydrogens is 354 g/mol. The second kappa shape index (κ2) is 8.25. The standard InChI is InChI=1S/C22H23N3O3/c1-27-19-10-6-5-9-17(19)13-20-23-22(28-24-20)18-14-25(15-18)21(26)12-11-16-7-3-2-4-8-16/h2-10,18H,11-15H2,1H3. The topological polar surface area (TPSA) is 68.5 Å². The smallest absolute Gasteiger partial charge is 0.233 e. The Hall–Kier alpha value is -3.15. The number of aromatic nitrogens is 2. The molecule has 28 heavy (non-hydrogen) atoms. The van der Waals surface area contributed by atoms with Crippen LogP contribution in [-0.4, -0.2) is 41.1 Å². The maximum absolute atomic E-state index is 12.3. The van der Waals surface area contributed by atoms with E-state index in [1.807, 2.05) is 59.5 Å². The van der Waals surface area contributed by atoms with Crippen LogP contribution in [0.25, 0.3) is 0 Å². The third-order valence-corrected chi connectivity index (χ3v) is 5.08. The molecule has 2 heterocycles. The first kappa shape index (κ1) is 18.2. The molecule has 0 spiro atoms. The van der Waals surface area contributed by atoms with Gasteiger partial charge in [-0.05, 0) is 18.1 Å². The predicted molar refractivity (Wildman–Crippen MR) is 104 cm³/mol. The molecule has 6 nitrogen and oxygen atoms in total. The summed E-state index contributed by atoms with van der Waals surface area (Å²) >= 11 is 0. The highest BCUT2D eigenvalue weighted by atomic mass is 16.5. The molecule has 2 aromatic carbocycles. The van der Waals surface area contributed by atoms with Gasteiger partial charge in [-0.2, -0.15) is 4.98 Å². The Morgan fingerprint density at radius 1 is 1.14 bits per heavy atom. The van der Waals surface area contributed by atoms with Gasteiger partial charge >= 0.3 is 0 Å². The molecule has 6 heteroatoms. The van der Waals surface area contributed by atoms with Gasteiger partial charge in [-0.3, -0.25) is 4.79 Å². The number of para-hydroxylation sites is 1. The van der Waals surface area contributed by atoms with Crippen molar-refractivity contribution in [1.82, 2.24) is 15.0 Å². The number of hydrogen-bond acceptors (Lipinski definition) is 5. The molecule has 1 aliphatic rings. The Bertz CT molecular complexity index is 933. The SMILES string of the molecule is COc1ccccc1Cc1noc(C2CN(C(=O)CCc3ccccc3)C2)n1. The zero-order valence-electron chi connectivity index (χ0n) is 15.9. The van der Waals surface area contributed by atoms with E-state index in [0.29, 0.717) is 37.6 Å². The van der Waals surface area contributed by atoms with E-state index in [1.54, 1.807) is 7.11 Å². The summed E-state index contributed by atoms with van der Waals surface area (Å²) in [7, 11) is 1.65. The lowest BCUT2D eigenvalue weighted by molar-refractivity contribution is -0.135. The van der Waals surface area contributed by atoms with E-state index >= 15 is 0 Å². The molecule has 3 aromatic rings. The Labute approximate surface area is 164 Å². The summed E-state index contributed by atoms with van der Waals surface area (Å²) in [6, 6.07) is 17.9. The lowest BCUT2D eigenvalue weighted by Gasteiger charge is -2.37. The molecule has 0 aliphatic carbocycles. The number of carbonyl (C=O) groups excluding carboxylic acids is 1. The van der Waals surface area contributed by atoms with E-state index in [-0.39, 0.29) is 11.8 Å². The summed E-state index contributed by atoms with van der Waals surface area (Å²) < 4.78 is 10.8. The van der Waals surface area contributed by atoms with Gasteiger partial charge in [0.05, 0.1) is 13.0 Å². The largest absolute Gasteiger partial charge is 0.496 e. The van der Waals surface area contributed by atoms with Crippen LogP contribution < -0.4 is 4.74 Å². The molecule has 1 aromatic heterocycles. The van der Waals surface area contributed by atoms with Gasteiger partial charge in [-0.15, -0.1) is 0 Å². The highest BCUT2D eigenvalue weighted by molar-refractivity contribution is 5.77. The fourth-order valence-corrected chi connectivity index (χ4v) is 3.42. The highest BCUT2D eigenvalue weighted by Gasteiger charge is 2.35. The number of hydrogen-bond donors (Lipinski definition) is 0. The molecule has 1 saturated heterocycles. The van der Waals surface area contributed by atoms with Crippen molar-refractivity contribution in [3.05, 3.63) is 77.4 Å². The van der Waals surface area contributed by atoms with Gasteiger partial charge < -0.3 is 14.2 Å². The average molecular weight is 377 g/mol. The molecule has 4 rings (SSSR count). The van der Waals surface area contributed by atoms with Crippen LogP contribution in [-0.2, 0) is 17.6 Å². The van der Waals surface area contributed by atoms with Gasteiger partial charge in [0.2, 0.25) is 11.8 Å². The minimum absolute atomic E-state index is 0.125. The summed E-state index contributed by atoms with van der Waals surface area (Å²) in [6.45, 7) is 1.29. The van der Waals surface area contributed by atoms with Crippen molar-refractivity contribution in [2.75, 3.05) is 20.2 Å². The normalized spacial score (nSPS) is 14.0. The summed E-state index contributed by atoms with van der Waals surface area (Å²) in [5.74, 6) is 2.35. The first-order chi connectivity index (χ1) is 13.7. The van der Waals surface area contributed by atoms with E-state index in [2.05, 4.69) is 10.1 Å². The number of benzene rings is 2. The van der Waals surface area contributed by atoms with E-state index in [1.165, 1.54) is 5.56 Å².